The van der Waals surface area contributed by atoms with Gasteiger partial charge in [-0.2, -0.15) is 5.10 Å². The number of anilines is 1. The summed E-state index contributed by atoms with van der Waals surface area (Å²) in [6.45, 7) is 5.92. The second-order valence-electron chi connectivity index (χ2n) is 4.29. The fraction of sp³-hybridized carbons (Fsp3) is 0.308. The first-order valence-electron chi connectivity index (χ1n) is 5.61. The molecule has 1 heterocycles. The quantitative estimate of drug-likeness (QED) is 0.876. The minimum Gasteiger partial charge on any atom is -0.496 e. The van der Waals surface area contributed by atoms with Crippen LogP contribution < -0.4 is 10.5 Å². The van der Waals surface area contributed by atoms with Gasteiger partial charge in [-0.25, -0.2) is 0 Å². The molecule has 0 aliphatic rings. The molecule has 18 heavy (non-hydrogen) atoms. The van der Waals surface area contributed by atoms with E-state index in [1.54, 1.807) is 13.3 Å². The Morgan fingerprint density at radius 2 is 1.89 bits per heavy atom. The van der Waals surface area contributed by atoms with E-state index in [1.807, 2.05) is 20.8 Å². The van der Waals surface area contributed by atoms with Crippen molar-refractivity contribution in [2.24, 2.45) is 0 Å². The van der Waals surface area contributed by atoms with Crippen molar-refractivity contribution in [3.8, 4) is 16.9 Å². The number of aromatic amines is 1. The Bertz CT molecular complexity index is 605. The predicted molar refractivity (Wildman–Crippen MR) is 74.2 cm³/mol. The fourth-order valence-electron chi connectivity index (χ4n) is 2.16. The smallest absolute Gasteiger partial charge is 0.130 e. The van der Waals surface area contributed by atoms with E-state index in [0.717, 1.165) is 38.6 Å². The van der Waals surface area contributed by atoms with E-state index in [2.05, 4.69) is 10.2 Å². The molecule has 0 fully saturated rings. The molecule has 0 saturated carbocycles. The molecule has 0 aliphatic heterocycles. The number of nitrogens with one attached hydrogen (secondary N) is 1. The molecule has 0 amide bonds. The van der Waals surface area contributed by atoms with Crippen molar-refractivity contribution in [1.29, 1.82) is 0 Å². The van der Waals surface area contributed by atoms with Crippen LogP contribution in [0, 0.1) is 20.8 Å². The minimum absolute atomic E-state index is 0.510. The molecule has 0 atom stereocenters. The average Bonchev–Trinajstić information content (AvgIpc) is 2.77. The van der Waals surface area contributed by atoms with Crippen LogP contribution in [0.3, 0.4) is 0 Å². The fourth-order valence-corrected chi connectivity index (χ4v) is 2.39. The summed E-state index contributed by atoms with van der Waals surface area (Å²) in [7, 11) is 1.65. The Kier molecular flexibility index (Phi) is 3.22. The molecule has 0 saturated heterocycles. The highest BCUT2D eigenvalue weighted by Gasteiger charge is 2.20. The zero-order valence-electron chi connectivity index (χ0n) is 10.9. The van der Waals surface area contributed by atoms with Gasteiger partial charge in [0.25, 0.3) is 0 Å². The largest absolute Gasteiger partial charge is 0.496 e. The first-order valence-corrected chi connectivity index (χ1v) is 5.99. The lowest BCUT2D eigenvalue weighted by atomic mass is 9.95. The molecule has 2 rings (SSSR count). The maximum Gasteiger partial charge on any atom is 0.130 e. The maximum atomic E-state index is 6.36. The van der Waals surface area contributed by atoms with E-state index < -0.39 is 0 Å². The van der Waals surface area contributed by atoms with Crippen molar-refractivity contribution < 1.29 is 4.74 Å². The predicted octanol–water partition coefficient (Wildman–Crippen LogP) is 3.25. The van der Waals surface area contributed by atoms with Crippen molar-refractivity contribution in [2.45, 2.75) is 20.8 Å². The van der Waals surface area contributed by atoms with Crippen molar-refractivity contribution >= 4 is 17.4 Å². The van der Waals surface area contributed by atoms with Gasteiger partial charge in [-0.05, 0) is 37.5 Å². The van der Waals surface area contributed by atoms with Crippen LogP contribution in [-0.2, 0) is 0 Å². The van der Waals surface area contributed by atoms with Gasteiger partial charge < -0.3 is 10.5 Å². The molecule has 0 unspecified atom stereocenters. The van der Waals surface area contributed by atoms with Gasteiger partial charge in [-0.1, -0.05) is 11.6 Å². The lowest BCUT2D eigenvalue weighted by molar-refractivity contribution is 0.412. The van der Waals surface area contributed by atoms with Gasteiger partial charge in [-0.3, -0.25) is 5.10 Å². The number of H-pyrrole nitrogens is 1. The van der Waals surface area contributed by atoms with Crippen molar-refractivity contribution in [3.05, 3.63) is 27.9 Å². The Hall–Kier alpha value is -1.68. The Labute approximate surface area is 111 Å². The summed E-state index contributed by atoms with van der Waals surface area (Å²) in [5.74, 6) is 1.30. The molecule has 96 valence electrons. The summed E-state index contributed by atoms with van der Waals surface area (Å²) < 4.78 is 5.52. The van der Waals surface area contributed by atoms with Crippen molar-refractivity contribution in [3.63, 3.8) is 0 Å². The zero-order valence-corrected chi connectivity index (χ0v) is 11.6. The summed E-state index contributed by atoms with van der Waals surface area (Å²) in [5.41, 5.74) is 10.6. The highest BCUT2D eigenvalue weighted by atomic mass is 35.5. The minimum atomic E-state index is 0.510. The lowest BCUT2D eigenvalue weighted by Crippen LogP contribution is -1.99. The number of nitrogen functional groups attached to an aromatic ring is 1. The normalized spacial score (nSPS) is 10.7. The molecule has 2 aromatic rings. The number of ether oxygens (including phenoxy) is 1. The first-order chi connectivity index (χ1) is 8.49. The molecular weight excluding hydrogens is 250 g/mol. The van der Waals surface area contributed by atoms with Crippen LogP contribution >= 0.6 is 11.6 Å². The summed E-state index contributed by atoms with van der Waals surface area (Å²) >= 11 is 6.36. The van der Waals surface area contributed by atoms with Crippen molar-refractivity contribution in [2.75, 3.05) is 12.8 Å². The van der Waals surface area contributed by atoms with Gasteiger partial charge >= 0.3 is 0 Å². The first kappa shape index (κ1) is 12.8. The number of benzene rings is 1. The van der Waals surface area contributed by atoms with E-state index in [-0.39, 0.29) is 0 Å². The van der Waals surface area contributed by atoms with Crippen LogP contribution in [0.2, 0.25) is 5.02 Å². The summed E-state index contributed by atoms with van der Waals surface area (Å²) in [6.07, 6.45) is 1.69. The molecule has 1 aromatic carbocycles. The third-order valence-corrected chi connectivity index (χ3v) is 3.87. The molecule has 0 aliphatic carbocycles. The second kappa shape index (κ2) is 4.53. The molecular formula is C13H16ClN3O. The van der Waals surface area contributed by atoms with Crippen LogP contribution in [0.5, 0.6) is 5.75 Å². The summed E-state index contributed by atoms with van der Waals surface area (Å²) in [4.78, 5) is 0. The van der Waals surface area contributed by atoms with Gasteiger partial charge in [0, 0.05) is 16.1 Å². The van der Waals surface area contributed by atoms with E-state index >= 15 is 0 Å². The zero-order chi connectivity index (χ0) is 13.4. The lowest BCUT2D eigenvalue weighted by Gasteiger charge is -2.18. The Morgan fingerprint density at radius 1 is 1.22 bits per heavy atom. The Balaban J connectivity index is 2.86. The monoisotopic (exact) mass is 265 g/mol. The van der Waals surface area contributed by atoms with Gasteiger partial charge in [0.2, 0.25) is 0 Å². The van der Waals surface area contributed by atoms with E-state index in [1.165, 1.54) is 0 Å². The Morgan fingerprint density at radius 3 is 2.39 bits per heavy atom. The number of nitrogens with zero attached hydrogens (tertiary/aromatic N) is 1. The van der Waals surface area contributed by atoms with Gasteiger partial charge in [0.1, 0.15) is 11.6 Å². The molecule has 3 N–H and O–H groups in total. The summed E-state index contributed by atoms with van der Waals surface area (Å²) in [6, 6.07) is 0. The van der Waals surface area contributed by atoms with Crippen LogP contribution in [-0.4, -0.2) is 17.3 Å². The number of nitrogens with two attached hydrogens (primary N) is 1. The topological polar surface area (TPSA) is 63.9 Å². The molecule has 0 radical (unpaired) electrons. The van der Waals surface area contributed by atoms with Crippen LogP contribution in [0.25, 0.3) is 11.1 Å². The number of halogens is 1. The van der Waals surface area contributed by atoms with Gasteiger partial charge in [0.15, 0.2) is 0 Å². The van der Waals surface area contributed by atoms with Gasteiger partial charge in [0.05, 0.1) is 13.3 Å². The highest BCUT2D eigenvalue weighted by Crippen LogP contribution is 2.43. The SMILES string of the molecule is COc1c(C)c(C)c(Cl)c(C)c1-c1cn[nH]c1N. The standard InChI is InChI=1S/C13H16ClN3O/c1-6-7(2)12(18-4)10(8(3)11(6)14)9-5-16-17-13(9)15/h5H,1-4H3,(H3,15,16,17). The summed E-state index contributed by atoms with van der Waals surface area (Å²) in [5, 5.41) is 7.42. The average molecular weight is 266 g/mol. The van der Waals surface area contributed by atoms with E-state index in [9.17, 15) is 0 Å². The third kappa shape index (κ3) is 1.73. The van der Waals surface area contributed by atoms with E-state index in [4.69, 9.17) is 22.1 Å². The van der Waals surface area contributed by atoms with Crippen LogP contribution in [0.1, 0.15) is 16.7 Å². The molecule has 0 spiro atoms. The number of aromatic nitrogens is 2. The van der Waals surface area contributed by atoms with Gasteiger partial charge in [-0.15, -0.1) is 0 Å². The molecule has 0 bridgehead atoms. The molecule has 4 nitrogen and oxygen atoms in total. The third-order valence-electron chi connectivity index (χ3n) is 3.31. The number of rotatable bonds is 2. The number of methoxy groups -OCH3 is 1. The van der Waals surface area contributed by atoms with Crippen LogP contribution in [0.4, 0.5) is 5.82 Å². The maximum absolute atomic E-state index is 6.36. The van der Waals surface area contributed by atoms with Crippen LogP contribution in [0.15, 0.2) is 6.20 Å². The number of hydrogen-bond donors (Lipinski definition) is 2. The second-order valence-corrected chi connectivity index (χ2v) is 4.67. The van der Waals surface area contributed by atoms with Crippen molar-refractivity contribution in [1.82, 2.24) is 10.2 Å². The number of hydrogen-bond acceptors (Lipinski definition) is 3. The molecule has 5 heteroatoms. The molecule has 1 aromatic heterocycles. The van der Waals surface area contributed by atoms with E-state index in [0.29, 0.717) is 5.82 Å². The highest BCUT2D eigenvalue weighted by molar-refractivity contribution is 6.32.